The molecule has 8 heteroatoms. The number of amides is 1. The van der Waals surface area contributed by atoms with Gasteiger partial charge in [-0.2, -0.15) is 4.31 Å². The fraction of sp³-hybridized carbons (Fsp3) is 0.731. The van der Waals surface area contributed by atoms with Crippen molar-refractivity contribution in [1.82, 2.24) is 14.1 Å². The lowest BCUT2D eigenvalue weighted by molar-refractivity contribution is -0.138. The quantitative estimate of drug-likeness (QED) is 0.585. The molecule has 3 aliphatic rings. The van der Waals surface area contributed by atoms with Gasteiger partial charge in [0.1, 0.15) is 6.61 Å². The molecule has 190 valence electrons. The normalized spacial score (nSPS) is 26.0. The van der Waals surface area contributed by atoms with Crippen LogP contribution in [0.3, 0.4) is 0 Å². The first-order valence-electron chi connectivity index (χ1n) is 13.1. The average molecular weight is 492 g/mol. The number of hydrogen-bond donors (Lipinski definition) is 0. The smallest absolute Gasteiger partial charge is 0.248 e. The Kier molecular flexibility index (Phi) is 8.66. The van der Waals surface area contributed by atoms with Crippen molar-refractivity contribution in [2.24, 2.45) is 0 Å². The number of aryl methyl sites for hydroxylation is 1. The van der Waals surface area contributed by atoms with E-state index in [1.807, 2.05) is 30.9 Å². The van der Waals surface area contributed by atoms with Gasteiger partial charge in [0.25, 0.3) is 0 Å². The van der Waals surface area contributed by atoms with E-state index in [2.05, 4.69) is 4.90 Å². The van der Waals surface area contributed by atoms with Crippen molar-refractivity contribution in [1.29, 1.82) is 0 Å². The van der Waals surface area contributed by atoms with Crippen LogP contribution in [-0.4, -0.2) is 85.9 Å². The standard InChI is InChI=1S/C26H41N3O4S/c1-21-9-11-25(12-10-21)34(31,32)29-22(2)7-6-8-24(29)19-33-20-26(30)28-17-13-23(14-18-28)27-15-4-3-5-16-27/h9-12,22-24H,3-8,13-20H2,1-2H3/t22-,24?/m1/s1. The number of benzene rings is 1. The number of piperidine rings is 3. The Bertz CT molecular complexity index is 906. The Morgan fingerprint density at radius 2 is 1.62 bits per heavy atom. The third-order valence-electron chi connectivity index (χ3n) is 7.81. The summed E-state index contributed by atoms with van der Waals surface area (Å²) < 4.78 is 34.3. The molecule has 34 heavy (non-hydrogen) atoms. The van der Waals surface area contributed by atoms with Crippen LogP contribution in [-0.2, 0) is 19.6 Å². The summed E-state index contributed by atoms with van der Waals surface area (Å²) in [6.45, 7) is 8.17. The van der Waals surface area contributed by atoms with E-state index in [-0.39, 0.29) is 31.2 Å². The van der Waals surface area contributed by atoms with E-state index >= 15 is 0 Å². The Morgan fingerprint density at radius 3 is 2.29 bits per heavy atom. The van der Waals surface area contributed by atoms with Gasteiger partial charge in [0.2, 0.25) is 15.9 Å². The molecule has 0 aliphatic carbocycles. The lowest BCUT2D eigenvalue weighted by Crippen LogP contribution is -2.51. The lowest BCUT2D eigenvalue weighted by atomic mass is 10.00. The maximum absolute atomic E-state index is 13.4. The fourth-order valence-electron chi connectivity index (χ4n) is 5.82. The minimum absolute atomic E-state index is 0.0221. The van der Waals surface area contributed by atoms with Crippen LogP contribution < -0.4 is 0 Å². The molecular weight excluding hydrogens is 450 g/mol. The van der Waals surface area contributed by atoms with Gasteiger partial charge in [-0.1, -0.05) is 30.5 Å². The fourth-order valence-corrected chi connectivity index (χ4v) is 7.68. The maximum atomic E-state index is 13.4. The Balaban J connectivity index is 1.29. The molecule has 0 aromatic heterocycles. The van der Waals surface area contributed by atoms with Crippen molar-refractivity contribution in [3.63, 3.8) is 0 Å². The summed E-state index contributed by atoms with van der Waals surface area (Å²) in [6.07, 6.45) is 8.56. The molecule has 0 bridgehead atoms. The minimum Gasteiger partial charge on any atom is -0.370 e. The third kappa shape index (κ3) is 6.01. The first kappa shape index (κ1) is 25.6. The molecule has 3 aliphatic heterocycles. The van der Waals surface area contributed by atoms with E-state index in [0.717, 1.165) is 50.8 Å². The van der Waals surface area contributed by atoms with Crippen LogP contribution >= 0.6 is 0 Å². The Hall–Kier alpha value is -1.48. The Morgan fingerprint density at radius 1 is 0.941 bits per heavy atom. The zero-order chi connectivity index (χ0) is 24.1. The number of carbonyl (C=O) groups is 1. The molecule has 1 unspecified atom stereocenters. The van der Waals surface area contributed by atoms with Crippen molar-refractivity contribution in [2.75, 3.05) is 39.4 Å². The molecular formula is C26H41N3O4S. The minimum atomic E-state index is -3.61. The number of carbonyl (C=O) groups excluding carboxylic acids is 1. The molecule has 0 radical (unpaired) electrons. The van der Waals surface area contributed by atoms with Gasteiger partial charge < -0.3 is 14.5 Å². The number of ether oxygens (including phenoxy) is 1. The van der Waals surface area contributed by atoms with Crippen LogP contribution in [0.25, 0.3) is 0 Å². The van der Waals surface area contributed by atoms with Gasteiger partial charge in [-0.3, -0.25) is 4.79 Å². The second-order valence-electron chi connectivity index (χ2n) is 10.3. The molecule has 3 heterocycles. The van der Waals surface area contributed by atoms with Gasteiger partial charge in [-0.05, 0) is 77.6 Å². The number of nitrogens with zero attached hydrogens (tertiary/aromatic N) is 3. The zero-order valence-corrected chi connectivity index (χ0v) is 21.6. The molecule has 4 rings (SSSR count). The van der Waals surface area contributed by atoms with Gasteiger partial charge in [0.05, 0.1) is 11.5 Å². The van der Waals surface area contributed by atoms with E-state index < -0.39 is 10.0 Å². The number of rotatable bonds is 7. The summed E-state index contributed by atoms with van der Waals surface area (Å²) in [7, 11) is -3.61. The molecule has 0 spiro atoms. The van der Waals surface area contributed by atoms with Crippen LogP contribution in [0.5, 0.6) is 0 Å². The zero-order valence-electron chi connectivity index (χ0n) is 20.8. The van der Waals surface area contributed by atoms with E-state index in [9.17, 15) is 13.2 Å². The largest absolute Gasteiger partial charge is 0.370 e. The van der Waals surface area contributed by atoms with Crippen molar-refractivity contribution in [2.45, 2.75) is 88.2 Å². The lowest BCUT2D eigenvalue weighted by Gasteiger charge is -2.40. The molecule has 3 fully saturated rings. The van der Waals surface area contributed by atoms with Crippen molar-refractivity contribution in [3.05, 3.63) is 29.8 Å². The highest BCUT2D eigenvalue weighted by molar-refractivity contribution is 7.89. The average Bonchev–Trinajstić information content (AvgIpc) is 2.85. The van der Waals surface area contributed by atoms with Crippen LogP contribution in [0.1, 0.15) is 63.9 Å². The first-order valence-corrected chi connectivity index (χ1v) is 14.5. The molecule has 1 aromatic carbocycles. The van der Waals surface area contributed by atoms with Crippen molar-refractivity contribution in [3.8, 4) is 0 Å². The van der Waals surface area contributed by atoms with Gasteiger partial charge >= 0.3 is 0 Å². The monoisotopic (exact) mass is 491 g/mol. The van der Waals surface area contributed by atoms with Crippen molar-refractivity contribution >= 4 is 15.9 Å². The summed E-state index contributed by atoms with van der Waals surface area (Å²) in [5, 5.41) is 0. The van der Waals surface area contributed by atoms with Crippen LogP contribution in [0.15, 0.2) is 29.2 Å². The van der Waals surface area contributed by atoms with Crippen LogP contribution in [0, 0.1) is 6.92 Å². The predicted molar refractivity (Wildman–Crippen MR) is 133 cm³/mol. The predicted octanol–water partition coefficient (Wildman–Crippen LogP) is 3.42. The molecule has 3 saturated heterocycles. The number of likely N-dealkylation sites (tertiary alicyclic amines) is 2. The second kappa shape index (κ2) is 11.5. The molecule has 1 amide bonds. The SMILES string of the molecule is Cc1ccc(S(=O)(=O)N2C(COCC(=O)N3CCC(N4CCCCC4)CC3)CCC[C@H]2C)cc1. The Labute approximate surface area is 205 Å². The summed E-state index contributed by atoms with van der Waals surface area (Å²) in [6, 6.07) is 7.31. The van der Waals surface area contributed by atoms with Gasteiger partial charge in [0.15, 0.2) is 0 Å². The van der Waals surface area contributed by atoms with Gasteiger partial charge in [0, 0.05) is 31.2 Å². The highest BCUT2D eigenvalue weighted by Gasteiger charge is 2.38. The van der Waals surface area contributed by atoms with Gasteiger partial charge in [-0.15, -0.1) is 0 Å². The summed E-state index contributed by atoms with van der Waals surface area (Å²) in [4.78, 5) is 17.6. The maximum Gasteiger partial charge on any atom is 0.248 e. The van der Waals surface area contributed by atoms with Gasteiger partial charge in [-0.25, -0.2) is 8.42 Å². The number of sulfonamides is 1. The van der Waals surface area contributed by atoms with E-state index in [1.165, 1.54) is 32.4 Å². The molecule has 2 atom stereocenters. The highest BCUT2D eigenvalue weighted by atomic mass is 32.2. The first-order chi connectivity index (χ1) is 16.4. The molecule has 0 N–H and O–H groups in total. The second-order valence-corrected chi connectivity index (χ2v) is 12.1. The summed E-state index contributed by atoms with van der Waals surface area (Å²) in [5.41, 5.74) is 1.03. The summed E-state index contributed by atoms with van der Waals surface area (Å²) >= 11 is 0. The van der Waals surface area contributed by atoms with E-state index in [0.29, 0.717) is 10.9 Å². The summed E-state index contributed by atoms with van der Waals surface area (Å²) in [5.74, 6) is 0.0221. The molecule has 7 nitrogen and oxygen atoms in total. The topological polar surface area (TPSA) is 70.2 Å². The molecule has 0 saturated carbocycles. The molecule has 1 aromatic rings. The number of hydrogen-bond acceptors (Lipinski definition) is 5. The van der Waals surface area contributed by atoms with Crippen molar-refractivity contribution < 1.29 is 17.9 Å². The van der Waals surface area contributed by atoms with E-state index in [4.69, 9.17) is 4.74 Å². The van der Waals surface area contributed by atoms with E-state index in [1.54, 1.807) is 16.4 Å². The van der Waals surface area contributed by atoms with Crippen LogP contribution in [0.2, 0.25) is 0 Å². The highest BCUT2D eigenvalue weighted by Crippen LogP contribution is 2.30. The van der Waals surface area contributed by atoms with Crippen LogP contribution in [0.4, 0.5) is 0 Å². The third-order valence-corrected chi connectivity index (χ3v) is 9.89.